The number of rotatable bonds is 3. The van der Waals surface area contributed by atoms with Crippen LogP contribution in [0.3, 0.4) is 0 Å². The molecule has 17 heavy (non-hydrogen) atoms. The van der Waals surface area contributed by atoms with E-state index in [2.05, 4.69) is 15.9 Å². The topological polar surface area (TPSA) is 35.2 Å². The molecular weight excluding hydrogens is 278 g/mol. The summed E-state index contributed by atoms with van der Waals surface area (Å²) in [6.07, 6.45) is 0. The highest BCUT2D eigenvalue weighted by Crippen LogP contribution is 2.29. The predicted octanol–water partition coefficient (Wildman–Crippen LogP) is 3.51. The van der Waals surface area contributed by atoms with Crippen molar-refractivity contribution in [2.75, 3.05) is 7.11 Å². The fraction of sp³-hybridized carbons (Fsp3) is 0.143. The first-order valence-corrected chi connectivity index (χ1v) is 6.15. The van der Waals surface area contributed by atoms with Crippen LogP contribution in [0, 0.1) is 0 Å². The lowest BCUT2D eigenvalue weighted by molar-refractivity contribution is 0.412. The lowest BCUT2D eigenvalue weighted by Crippen LogP contribution is -2.11. The van der Waals surface area contributed by atoms with E-state index in [0.29, 0.717) is 0 Å². The fourth-order valence-corrected chi connectivity index (χ4v) is 2.29. The van der Waals surface area contributed by atoms with Crippen molar-refractivity contribution in [3.63, 3.8) is 0 Å². The van der Waals surface area contributed by atoms with Crippen molar-refractivity contribution in [1.29, 1.82) is 0 Å². The van der Waals surface area contributed by atoms with Gasteiger partial charge in [-0.05, 0) is 39.2 Å². The molecule has 0 heterocycles. The van der Waals surface area contributed by atoms with Crippen molar-refractivity contribution >= 4 is 15.9 Å². The number of benzene rings is 2. The van der Waals surface area contributed by atoms with Crippen molar-refractivity contribution < 1.29 is 4.74 Å². The molecule has 88 valence electrons. The molecule has 0 bridgehead atoms. The standard InChI is InChI=1S/C14H14BrNO/c1-17-13-8-7-11(9-12(13)15)14(16)10-5-3-2-4-6-10/h2-9,14H,16H2,1H3. The van der Waals surface area contributed by atoms with Crippen molar-refractivity contribution in [3.05, 3.63) is 64.1 Å². The van der Waals surface area contributed by atoms with Gasteiger partial charge in [0.1, 0.15) is 5.75 Å². The lowest BCUT2D eigenvalue weighted by Gasteiger charge is -2.14. The van der Waals surface area contributed by atoms with E-state index in [1.54, 1.807) is 7.11 Å². The van der Waals surface area contributed by atoms with E-state index in [9.17, 15) is 0 Å². The van der Waals surface area contributed by atoms with Crippen LogP contribution in [0.2, 0.25) is 0 Å². The van der Waals surface area contributed by atoms with Gasteiger partial charge < -0.3 is 10.5 Å². The third-order valence-electron chi connectivity index (χ3n) is 2.69. The fourth-order valence-electron chi connectivity index (χ4n) is 1.73. The Kier molecular flexibility index (Phi) is 3.82. The van der Waals surface area contributed by atoms with Crippen LogP contribution >= 0.6 is 15.9 Å². The zero-order chi connectivity index (χ0) is 12.3. The number of hydrogen-bond donors (Lipinski definition) is 1. The molecule has 1 unspecified atom stereocenters. The first-order valence-electron chi connectivity index (χ1n) is 5.36. The summed E-state index contributed by atoms with van der Waals surface area (Å²) in [5.41, 5.74) is 8.38. The molecule has 0 saturated carbocycles. The van der Waals surface area contributed by atoms with E-state index in [1.165, 1.54) is 0 Å². The van der Waals surface area contributed by atoms with E-state index in [4.69, 9.17) is 10.5 Å². The zero-order valence-corrected chi connectivity index (χ0v) is 11.1. The first kappa shape index (κ1) is 12.1. The average Bonchev–Trinajstić information content (AvgIpc) is 2.39. The van der Waals surface area contributed by atoms with E-state index in [0.717, 1.165) is 21.3 Å². The number of hydrogen-bond acceptors (Lipinski definition) is 2. The van der Waals surface area contributed by atoms with Crippen LogP contribution < -0.4 is 10.5 Å². The van der Waals surface area contributed by atoms with Gasteiger partial charge in [-0.2, -0.15) is 0 Å². The highest BCUT2D eigenvalue weighted by Gasteiger charge is 2.10. The SMILES string of the molecule is COc1ccc(C(N)c2ccccc2)cc1Br. The minimum atomic E-state index is -0.113. The molecule has 2 N–H and O–H groups in total. The van der Waals surface area contributed by atoms with Gasteiger partial charge in [-0.1, -0.05) is 36.4 Å². The van der Waals surface area contributed by atoms with Crippen molar-refractivity contribution in [2.45, 2.75) is 6.04 Å². The molecular formula is C14H14BrNO. The molecule has 2 nitrogen and oxygen atoms in total. The second-order valence-electron chi connectivity index (χ2n) is 3.78. The van der Waals surface area contributed by atoms with Crippen LogP contribution in [0.15, 0.2) is 53.0 Å². The van der Waals surface area contributed by atoms with E-state index in [1.807, 2.05) is 48.5 Å². The monoisotopic (exact) mass is 291 g/mol. The van der Waals surface area contributed by atoms with Crippen LogP contribution in [0.1, 0.15) is 17.2 Å². The van der Waals surface area contributed by atoms with E-state index in [-0.39, 0.29) is 6.04 Å². The highest BCUT2D eigenvalue weighted by atomic mass is 79.9. The summed E-state index contributed by atoms with van der Waals surface area (Å²) in [7, 11) is 1.65. The zero-order valence-electron chi connectivity index (χ0n) is 9.56. The number of ether oxygens (including phenoxy) is 1. The smallest absolute Gasteiger partial charge is 0.133 e. The minimum Gasteiger partial charge on any atom is -0.496 e. The summed E-state index contributed by atoms with van der Waals surface area (Å²) >= 11 is 3.47. The number of halogens is 1. The Morgan fingerprint density at radius 3 is 2.35 bits per heavy atom. The molecule has 2 aromatic rings. The maximum atomic E-state index is 6.22. The molecule has 0 spiro atoms. The normalized spacial score (nSPS) is 12.2. The molecule has 0 aliphatic rings. The van der Waals surface area contributed by atoms with Crippen molar-refractivity contribution in [3.8, 4) is 5.75 Å². The maximum absolute atomic E-state index is 6.22. The summed E-state index contributed by atoms with van der Waals surface area (Å²) in [6.45, 7) is 0. The molecule has 2 rings (SSSR count). The number of methoxy groups -OCH3 is 1. The molecule has 1 atom stereocenters. The maximum Gasteiger partial charge on any atom is 0.133 e. The summed E-state index contributed by atoms with van der Waals surface area (Å²) in [6, 6.07) is 15.8. The number of nitrogens with two attached hydrogens (primary N) is 1. The minimum absolute atomic E-state index is 0.113. The Morgan fingerprint density at radius 1 is 1.06 bits per heavy atom. The molecule has 3 heteroatoms. The molecule has 2 aromatic carbocycles. The van der Waals surface area contributed by atoms with Crippen LogP contribution in [-0.4, -0.2) is 7.11 Å². The van der Waals surface area contributed by atoms with Crippen LogP contribution in [0.5, 0.6) is 5.75 Å². The third-order valence-corrected chi connectivity index (χ3v) is 3.31. The van der Waals surface area contributed by atoms with Crippen LogP contribution in [0.4, 0.5) is 0 Å². The summed E-state index contributed by atoms with van der Waals surface area (Å²) < 4.78 is 6.12. The van der Waals surface area contributed by atoms with Gasteiger partial charge in [0, 0.05) is 0 Å². The van der Waals surface area contributed by atoms with Gasteiger partial charge in [0.2, 0.25) is 0 Å². The van der Waals surface area contributed by atoms with Gasteiger partial charge in [-0.15, -0.1) is 0 Å². The molecule has 0 aromatic heterocycles. The highest BCUT2D eigenvalue weighted by molar-refractivity contribution is 9.10. The lowest BCUT2D eigenvalue weighted by atomic mass is 10.00. The molecule has 0 saturated heterocycles. The van der Waals surface area contributed by atoms with Gasteiger partial charge in [0.25, 0.3) is 0 Å². The molecule has 0 radical (unpaired) electrons. The Labute approximate surface area is 110 Å². The summed E-state index contributed by atoms with van der Waals surface area (Å²) in [5.74, 6) is 0.814. The largest absolute Gasteiger partial charge is 0.496 e. The van der Waals surface area contributed by atoms with Crippen LogP contribution in [-0.2, 0) is 0 Å². The van der Waals surface area contributed by atoms with Crippen molar-refractivity contribution in [2.24, 2.45) is 5.73 Å². The van der Waals surface area contributed by atoms with E-state index >= 15 is 0 Å². The molecule has 0 amide bonds. The van der Waals surface area contributed by atoms with Crippen LogP contribution in [0.25, 0.3) is 0 Å². The Hall–Kier alpha value is -1.32. The molecule has 0 aliphatic heterocycles. The Bertz CT molecular complexity index is 499. The molecule has 0 aliphatic carbocycles. The summed E-state index contributed by atoms with van der Waals surface area (Å²) in [5, 5.41) is 0. The Balaban J connectivity index is 2.32. The van der Waals surface area contributed by atoms with Gasteiger partial charge >= 0.3 is 0 Å². The Morgan fingerprint density at radius 2 is 1.76 bits per heavy atom. The third kappa shape index (κ3) is 2.68. The quantitative estimate of drug-likeness (QED) is 0.939. The predicted molar refractivity (Wildman–Crippen MR) is 73.2 cm³/mol. The molecule has 0 fully saturated rings. The van der Waals surface area contributed by atoms with Gasteiger partial charge in [0.15, 0.2) is 0 Å². The second-order valence-corrected chi connectivity index (χ2v) is 4.64. The van der Waals surface area contributed by atoms with Gasteiger partial charge in [-0.3, -0.25) is 0 Å². The first-order chi connectivity index (χ1) is 8.22. The summed E-state index contributed by atoms with van der Waals surface area (Å²) in [4.78, 5) is 0. The second kappa shape index (κ2) is 5.34. The van der Waals surface area contributed by atoms with Gasteiger partial charge in [0.05, 0.1) is 17.6 Å². The van der Waals surface area contributed by atoms with E-state index < -0.39 is 0 Å². The average molecular weight is 292 g/mol. The van der Waals surface area contributed by atoms with Gasteiger partial charge in [-0.25, -0.2) is 0 Å². The van der Waals surface area contributed by atoms with Crippen molar-refractivity contribution in [1.82, 2.24) is 0 Å².